The minimum Gasteiger partial charge on any atom is -0.456 e. The Bertz CT molecular complexity index is 3200. The van der Waals surface area contributed by atoms with E-state index in [9.17, 15) is 0 Å². The van der Waals surface area contributed by atoms with E-state index in [0.717, 1.165) is 78.0 Å². The SMILES string of the molecule is c1ccc(N(c2cccc(N(c3ccccc3)c3cc4oc5ccccc5c4c4ccccc34)c2)c2ccc3c4ccccc4n(-c4ccccc4)c3c2)cc1. The Kier molecular flexibility index (Phi) is 7.46. The summed E-state index contributed by atoms with van der Waals surface area (Å²) < 4.78 is 8.94. The Hall–Kier alpha value is -7.56. The molecular weight excluding hydrogens is 683 g/mol. The molecule has 0 unspecified atom stereocenters. The molecule has 0 aliphatic rings. The molecule has 0 N–H and O–H groups in total. The van der Waals surface area contributed by atoms with Crippen molar-refractivity contribution in [1.82, 2.24) is 4.57 Å². The van der Waals surface area contributed by atoms with E-state index in [4.69, 9.17) is 4.42 Å². The second-order valence-electron chi connectivity index (χ2n) is 14.2. The second-order valence-corrected chi connectivity index (χ2v) is 14.2. The molecule has 0 aliphatic carbocycles. The molecule has 11 aromatic rings. The summed E-state index contributed by atoms with van der Waals surface area (Å²) in [5, 5.41) is 7.03. The molecule has 11 rings (SSSR count). The van der Waals surface area contributed by atoms with Gasteiger partial charge in [-0.05, 0) is 84.2 Å². The van der Waals surface area contributed by atoms with Gasteiger partial charge >= 0.3 is 0 Å². The quantitative estimate of drug-likeness (QED) is 0.164. The monoisotopic (exact) mass is 717 g/mol. The lowest BCUT2D eigenvalue weighted by Gasteiger charge is -2.30. The number of nitrogens with zero attached hydrogens (tertiary/aromatic N) is 3. The third-order valence-corrected chi connectivity index (χ3v) is 10.9. The predicted octanol–water partition coefficient (Wildman–Crippen LogP) is 14.8. The molecule has 0 bridgehead atoms. The number of benzene rings is 9. The topological polar surface area (TPSA) is 24.6 Å². The molecule has 56 heavy (non-hydrogen) atoms. The van der Waals surface area contributed by atoms with Crippen molar-refractivity contribution in [3.8, 4) is 5.69 Å². The van der Waals surface area contributed by atoms with Gasteiger partial charge in [-0.2, -0.15) is 0 Å². The fourth-order valence-electron chi connectivity index (χ4n) is 8.51. The highest BCUT2D eigenvalue weighted by Crippen LogP contribution is 2.46. The van der Waals surface area contributed by atoms with Crippen LogP contribution in [0.25, 0.3) is 60.2 Å². The lowest BCUT2D eigenvalue weighted by Crippen LogP contribution is -2.13. The number of anilines is 6. The summed E-state index contributed by atoms with van der Waals surface area (Å²) in [5.74, 6) is 0. The summed E-state index contributed by atoms with van der Waals surface area (Å²) in [5.41, 5.74) is 11.6. The Morgan fingerprint density at radius 2 is 0.857 bits per heavy atom. The van der Waals surface area contributed by atoms with Gasteiger partial charge in [0.25, 0.3) is 0 Å². The van der Waals surface area contributed by atoms with E-state index in [1.807, 2.05) is 6.07 Å². The van der Waals surface area contributed by atoms with Crippen LogP contribution in [0.2, 0.25) is 0 Å². The highest BCUT2D eigenvalue weighted by molar-refractivity contribution is 6.22. The van der Waals surface area contributed by atoms with Gasteiger partial charge < -0.3 is 18.8 Å². The van der Waals surface area contributed by atoms with E-state index in [0.29, 0.717) is 0 Å². The minimum atomic E-state index is 0.866. The average Bonchev–Trinajstić information content (AvgIpc) is 3.81. The molecule has 2 aromatic heterocycles. The zero-order valence-electron chi connectivity index (χ0n) is 30.5. The molecule has 264 valence electrons. The fourth-order valence-corrected chi connectivity index (χ4v) is 8.51. The molecule has 2 heterocycles. The van der Waals surface area contributed by atoms with Crippen molar-refractivity contribution in [1.29, 1.82) is 0 Å². The molecule has 0 saturated heterocycles. The number of para-hydroxylation sites is 5. The molecule has 0 spiro atoms. The summed E-state index contributed by atoms with van der Waals surface area (Å²) in [6, 6.07) is 75.6. The maximum absolute atomic E-state index is 6.56. The average molecular weight is 718 g/mol. The van der Waals surface area contributed by atoms with Gasteiger partial charge in [0.15, 0.2) is 0 Å². The van der Waals surface area contributed by atoms with Crippen LogP contribution >= 0.6 is 0 Å². The van der Waals surface area contributed by atoms with Gasteiger partial charge in [0.1, 0.15) is 11.2 Å². The van der Waals surface area contributed by atoms with Gasteiger partial charge in [-0.15, -0.1) is 0 Å². The van der Waals surface area contributed by atoms with Gasteiger partial charge in [0.05, 0.1) is 16.7 Å². The lowest BCUT2D eigenvalue weighted by molar-refractivity contribution is 0.669. The van der Waals surface area contributed by atoms with Gasteiger partial charge in [-0.3, -0.25) is 0 Å². The summed E-state index contributed by atoms with van der Waals surface area (Å²) in [4.78, 5) is 4.72. The zero-order chi connectivity index (χ0) is 37.0. The van der Waals surface area contributed by atoms with Crippen molar-refractivity contribution < 1.29 is 4.42 Å². The first-order valence-electron chi connectivity index (χ1n) is 19.0. The number of fused-ring (bicyclic) bond motifs is 8. The van der Waals surface area contributed by atoms with Crippen LogP contribution in [0, 0.1) is 0 Å². The van der Waals surface area contributed by atoms with Crippen molar-refractivity contribution in [2.75, 3.05) is 9.80 Å². The summed E-state index contributed by atoms with van der Waals surface area (Å²) >= 11 is 0. The van der Waals surface area contributed by atoms with Crippen LogP contribution in [0.15, 0.2) is 217 Å². The number of hydrogen-bond donors (Lipinski definition) is 0. The Morgan fingerprint density at radius 3 is 1.61 bits per heavy atom. The van der Waals surface area contributed by atoms with Gasteiger partial charge in [-0.1, -0.05) is 127 Å². The van der Waals surface area contributed by atoms with Crippen LogP contribution in [-0.2, 0) is 0 Å². The molecule has 0 saturated carbocycles. The highest BCUT2D eigenvalue weighted by atomic mass is 16.3. The summed E-state index contributed by atoms with van der Waals surface area (Å²) in [6.07, 6.45) is 0. The Morgan fingerprint density at radius 1 is 0.321 bits per heavy atom. The maximum Gasteiger partial charge on any atom is 0.138 e. The predicted molar refractivity (Wildman–Crippen MR) is 235 cm³/mol. The van der Waals surface area contributed by atoms with Gasteiger partial charge in [0, 0.05) is 67.1 Å². The smallest absolute Gasteiger partial charge is 0.138 e. The molecule has 0 aliphatic heterocycles. The molecular formula is C52H35N3O. The van der Waals surface area contributed by atoms with Gasteiger partial charge in [-0.25, -0.2) is 0 Å². The molecule has 0 fully saturated rings. The van der Waals surface area contributed by atoms with E-state index in [1.165, 1.54) is 16.3 Å². The van der Waals surface area contributed by atoms with Crippen molar-refractivity contribution >= 4 is 88.6 Å². The summed E-state index contributed by atoms with van der Waals surface area (Å²) in [6.45, 7) is 0. The van der Waals surface area contributed by atoms with Crippen LogP contribution in [0.4, 0.5) is 34.1 Å². The first kappa shape index (κ1) is 31.9. The van der Waals surface area contributed by atoms with Crippen molar-refractivity contribution in [3.05, 3.63) is 212 Å². The van der Waals surface area contributed by atoms with Gasteiger partial charge in [0.2, 0.25) is 0 Å². The molecule has 0 amide bonds. The van der Waals surface area contributed by atoms with Crippen molar-refractivity contribution in [2.45, 2.75) is 0 Å². The van der Waals surface area contributed by atoms with E-state index in [2.05, 4.69) is 221 Å². The standard InChI is InChI=1S/C52H35N3O/c1-4-17-36(18-5-1)53(41-31-32-44-42-25-12-14-29-47(42)55(48(44)34-41)38-21-8-3-9-22-38)39-23-16-24-40(33-39)54(37-19-6-2-7-20-37)49-35-51-52(45-27-11-10-26-43(45)49)46-28-13-15-30-50(46)56-51/h1-35H. The lowest BCUT2D eigenvalue weighted by atomic mass is 10.0. The van der Waals surface area contributed by atoms with E-state index in [-0.39, 0.29) is 0 Å². The normalized spacial score (nSPS) is 11.6. The first-order chi connectivity index (χ1) is 27.8. The maximum atomic E-state index is 6.56. The summed E-state index contributed by atoms with van der Waals surface area (Å²) in [7, 11) is 0. The van der Waals surface area contributed by atoms with Crippen LogP contribution < -0.4 is 9.80 Å². The number of aromatic nitrogens is 1. The number of rotatable bonds is 7. The van der Waals surface area contributed by atoms with Crippen LogP contribution in [0.1, 0.15) is 0 Å². The molecule has 0 atom stereocenters. The van der Waals surface area contributed by atoms with E-state index < -0.39 is 0 Å². The van der Waals surface area contributed by atoms with Crippen LogP contribution in [0.3, 0.4) is 0 Å². The highest BCUT2D eigenvalue weighted by Gasteiger charge is 2.22. The molecule has 9 aromatic carbocycles. The second kappa shape index (κ2) is 13.1. The minimum absolute atomic E-state index is 0.866. The Labute approximate surface area is 324 Å². The molecule has 4 nitrogen and oxygen atoms in total. The third kappa shape index (κ3) is 5.15. The number of furan rings is 1. The van der Waals surface area contributed by atoms with Crippen molar-refractivity contribution in [2.24, 2.45) is 0 Å². The fraction of sp³-hybridized carbons (Fsp3) is 0. The molecule has 4 heteroatoms. The van der Waals surface area contributed by atoms with E-state index in [1.54, 1.807) is 0 Å². The molecule has 0 radical (unpaired) electrons. The van der Waals surface area contributed by atoms with Crippen LogP contribution in [0.5, 0.6) is 0 Å². The zero-order valence-corrected chi connectivity index (χ0v) is 30.5. The third-order valence-electron chi connectivity index (χ3n) is 10.9. The largest absolute Gasteiger partial charge is 0.456 e. The first-order valence-corrected chi connectivity index (χ1v) is 19.0. The van der Waals surface area contributed by atoms with Crippen molar-refractivity contribution in [3.63, 3.8) is 0 Å². The van der Waals surface area contributed by atoms with Crippen LogP contribution in [-0.4, -0.2) is 4.57 Å². The van der Waals surface area contributed by atoms with E-state index >= 15 is 0 Å². The Balaban J connectivity index is 1.13. The number of hydrogen-bond acceptors (Lipinski definition) is 3.